The van der Waals surface area contributed by atoms with E-state index in [0.29, 0.717) is 34.0 Å². The van der Waals surface area contributed by atoms with Gasteiger partial charge in [0.2, 0.25) is 5.91 Å². The van der Waals surface area contributed by atoms with E-state index in [2.05, 4.69) is 0 Å². The molecule has 1 saturated heterocycles. The van der Waals surface area contributed by atoms with Crippen molar-refractivity contribution in [3.8, 4) is 5.75 Å². The summed E-state index contributed by atoms with van der Waals surface area (Å²) in [6, 6.07) is 8.26. The van der Waals surface area contributed by atoms with Crippen LogP contribution in [0.3, 0.4) is 0 Å². The Morgan fingerprint density at radius 1 is 1.17 bits per heavy atom. The van der Waals surface area contributed by atoms with Crippen molar-refractivity contribution in [2.24, 2.45) is 0 Å². The van der Waals surface area contributed by atoms with Crippen LogP contribution >= 0.6 is 11.8 Å². The molecule has 0 bridgehead atoms. The fourth-order valence-corrected chi connectivity index (χ4v) is 3.31. The van der Waals surface area contributed by atoms with Crippen LogP contribution in [0.2, 0.25) is 0 Å². The standard InChI is InChI=1S/C19H13F3N2O4S/c1-28-11-4-2-3-10(7-11)8-14-18(26)24(19(27)29-14)9-15(25)23-13-6-5-12(20)16(21)17(13)22/h2-8H,9H2,1H3,(H,23,25)/b14-8+. The molecule has 1 fully saturated rings. The summed E-state index contributed by atoms with van der Waals surface area (Å²) >= 11 is 0.640. The second kappa shape index (κ2) is 8.39. The first-order valence-corrected chi connectivity index (χ1v) is 8.94. The molecular weight excluding hydrogens is 409 g/mol. The molecule has 29 heavy (non-hydrogen) atoms. The van der Waals surface area contributed by atoms with Crippen molar-refractivity contribution in [3.05, 3.63) is 64.3 Å². The van der Waals surface area contributed by atoms with Gasteiger partial charge in [-0.1, -0.05) is 12.1 Å². The Morgan fingerprint density at radius 3 is 2.66 bits per heavy atom. The van der Waals surface area contributed by atoms with Gasteiger partial charge in [0.1, 0.15) is 12.3 Å². The first-order valence-electron chi connectivity index (χ1n) is 8.13. The van der Waals surface area contributed by atoms with Gasteiger partial charge >= 0.3 is 0 Å². The van der Waals surface area contributed by atoms with Gasteiger partial charge in [-0.25, -0.2) is 13.2 Å². The number of benzene rings is 2. The minimum Gasteiger partial charge on any atom is -0.497 e. The number of methoxy groups -OCH3 is 1. The zero-order valence-corrected chi connectivity index (χ0v) is 15.7. The van der Waals surface area contributed by atoms with Gasteiger partial charge in [-0.05, 0) is 47.7 Å². The average Bonchev–Trinajstić information content (AvgIpc) is 2.96. The summed E-state index contributed by atoms with van der Waals surface area (Å²) in [4.78, 5) is 37.4. The largest absolute Gasteiger partial charge is 0.497 e. The molecule has 2 aromatic rings. The third kappa shape index (κ3) is 4.43. The summed E-state index contributed by atoms with van der Waals surface area (Å²) in [7, 11) is 1.49. The topological polar surface area (TPSA) is 75.7 Å². The van der Waals surface area contributed by atoms with Gasteiger partial charge in [0.05, 0.1) is 17.7 Å². The number of imide groups is 1. The van der Waals surface area contributed by atoms with E-state index in [-0.39, 0.29) is 4.91 Å². The number of carbonyl (C=O) groups excluding carboxylic acids is 3. The SMILES string of the molecule is COc1cccc(/C=C2/SC(=O)N(CC(=O)Nc3ccc(F)c(F)c3F)C2=O)c1. The van der Waals surface area contributed by atoms with Crippen molar-refractivity contribution in [2.75, 3.05) is 19.0 Å². The minimum absolute atomic E-state index is 0.0926. The van der Waals surface area contributed by atoms with Crippen LogP contribution in [-0.4, -0.2) is 35.6 Å². The highest BCUT2D eigenvalue weighted by Gasteiger charge is 2.36. The van der Waals surface area contributed by atoms with Crippen LogP contribution in [0.15, 0.2) is 41.3 Å². The number of ether oxygens (including phenoxy) is 1. The van der Waals surface area contributed by atoms with Gasteiger partial charge in [-0.3, -0.25) is 19.3 Å². The van der Waals surface area contributed by atoms with Crippen LogP contribution < -0.4 is 10.1 Å². The molecule has 0 saturated carbocycles. The van der Waals surface area contributed by atoms with E-state index in [1.807, 2.05) is 5.32 Å². The lowest BCUT2D eigenvalue weighted by molar-refractivity contribution is -0.127. The van der Waals surface area contributed by atoms with Crippen molar-refractivity contribution in [2.45, 2.75) is 0 Å². The minimum atomic E-state index is -1.74. The monoisotopic (exact) mass is 422 g/mol. The molecule has 0 unspecified atom stereocenters. The van der Waals surface area contributed by atoms with Gasteiger partial charge in [0.15, 0.2) is 17.5 Å². The first-order chi connectivity index (χ1) is 13.8. The van der Waals surface area contributed by atoms with Crippen molar-refractivity contribution in [3.63, 3.8) is 0 Å². The number of nitrogens with one attached hydrogen (secondary N) is 1. The Hall–Kier alpha value is -3.27. The Morgan fingerprint density at radius 2 is 1.93 bits per heavy atom. The summed E-state index contributed by atoms with van der Waals surface area (Å²) in [5.41, 5.74) is 0.0101. The third-order valence-corrected chi connectivity index (χ3v) is 4.78. The molecule has 6 nitrogen and oxygen atoms in total. The van der Waals surface area contributed by atoms with Gasteiger partial charge in [0, 0.05) is 0 Å². The number of carbonyl (C=O) groups is 3. The van der Waals surface area contributed by atoms with Gasteiger partial charge in [-0.15, -0.1) is 0 Å². The summed E-state index contributed by atoms with van der Waals surface area (Å²) in [5.74, 6) is -5.82. The molecule has 0 aliphatic carbocycles. The number of rotatable bonds is 5. The number of thioether (sulfide) groups is 1. The normalized spacial score (nSPS) is 15.2. The highest BCUT2D eigenvalue weighted by atomic mass is 32.2. The van der Waals surface area contributed by atoms with E-state index < -0.39 is 46.7 Å². The molecule has 0 aromatic heterocycles. The molecule has 1 N–H and O–H groups in total. The summed E-state index contributed by atoms with van der Waals surface area (Å²) in [5, 5.41) is 1.32. The summed E-state index contributed by atoms with van der Waals surface area (Å²) < 4.78 is 44.9. The van der Waals surface area contributed by atoms with Crippen LogP contribution in [0.1, 0.15) is 5.56 Å². The van der Waals surface area contributed by atoms with Crippen LogP contribution in [0, 0.1) is 17.5 Å². The van der Waals surface area contributed by atoms with Crippen molar-refractivity contribution in [1.82, 2.24) is 4.90 Å². The lowest BCUT2D eigenvalue weighted by Gasteiger charge is -2.13. The second-order valence-corrected chi connectivity index (χ2v) is 6.81. The Kier molecular flexibility index (Phi) is 5.92. The molecule has 0 atom stereocenters. The van der Waals surface area contributed by atoms with Crippen LogP contribution in [-0.2, 0) is 9.59 Å². The van der Waals surface area contributed by atoms with E-state index in [4.69, 9.17) is 4.74 Å². The predicted molar refractivity (Wildman–Crippen MR) is 101 cm³/mol. The fourth-order valence-electron chi connectivity index (χ4n) is 2.47. The zero-order chi connectivity index (χ0) is 21.1. The Labute approximate surface area is 167 Å². The predicted octanol–water partition coefficient (Wildman–Crippen LogP) is 3.79. The molecule has 1 heterocycles. The smallest absolute Gasteiger partial charge is 0.294 e. The molecule has 150 valence electrons. The summed E-state index contributed by atoms with van der Waals surface area (Å²) in [6.07, 6.45) is 1.47. The number of anilines is 1. The average molecular weight is 422 g/mol. The number of hydrogen-bond acceptors (Lipinski definition) is 5. The molecule has 2 aromatic carbocycles. The maximum absolute atomic E-state index is 13.7. The van der Waals surface area contributed by atoms with Crippen molar-refractivity contribution in [1.29, 1.82) is 0 Å². The highest BCUT2D eigenvalue weighted by Crippen LogP contribution is 2.32. The van der Waals surface area contributed by atoms with Crippen molar-refractivity contribution < 1.29 is 32.3 Å². The highest BCUT2D eigenvalue weighted by molar-refractivity contribution is 8.18. The molecule has 3 amide bonds. The zero-order valence-electron chi connectivity index (χ0n) is 14.9. The molecule has 10 heteroatoms. The number of halogens is 3. The number of amides is 3. The van der Waals surface area contributed by atoms with Gasteiger partial charge < -0.3 is 10.1 Å². The maximum Gasteiger partial charge on any atom is 0.294 e. The van der Waals surface area contributed by atoms with Crippen LogP contribution in [0.5, 0.6) is 5.75 Å². The quantitative estimate of drug-likeness (QED) is 0.586. The Bertz CT molecular complexity index is 1040. The van der Waals surface area contributed by atoms with Gasteiger partial charge in [-0.2, -0.15) is 0 Å². The molecule has 0 radical (unpaired) electrons. The molecule has 0 spiro atoms. The Balaban J connectivity index is 1.72. The molecule has 1 aliphatic rings. The van der Waals surface area contributed by atoms with Gasteiger partial charge in [0.25, 0.3) is 11.1 Å². The van der Waals surface area contributed by atoms with E-state index in [1.54, 1.807) is 24.3 Å². The van der Waals surface area contributed by atoms with Crippen LogP contribution in [0.4, 0.5) is 23.7 Å². The summed E-state index contributed by atoms with van der Waals surface area (Å²) in [6.45, 7) is -0.710. The van der Waals surface area contributed by atoms with E-state index >= 15 is 0 Å². The van der Waals surface area contributed by atoms with E-state index in [0.717, 1.165) is 6.07 Å². The first kappa shape index (κ1) is 20.5. The number of nitrogens with zero attached hydrogens (tertiary/aromatic N) is 1. The molecule has 1 aliphatic heterocycles. The number of hydrogen-bond donors (Lipinski definition) is 1. The molecular formula is C19H13F3N2O4S. The fraction of sp³-hybridized carbons (Fsp3) is 0.105. The van der Waals surface area contributed by atoms with E-state index in [1.165, 1.54) is 13.2 Å². The van der Waals surface area contributed by atoms with Crippen LogP contribution in [0.25, 0.3) is 6.08 Å². The lowest BCUT2D eigenvalue weighted by atomic mass is 10.2. The van der Waals surface area contributed by atoms with E-state index in [9.17, 15) is 27.6 Å². The molecule has 3 rings (SSSR count). The van der Waals surface area contributed by atoms with Crippen molar-refractivity contribution >= 4 is 40.6 Å². The maximum atomic E-state index is 13.7. The second-order valence-electron chi connectivity index (χ2n) is 5.82. The lowest BCUT2D eigenvalue weighted by Crippen LogP contribution is -2.36. The third-order valence-electron chi connectivity index (χ3n) is 3.88.